The van der Waals surface area contributed by atoms with E-state index >= 15 is 0 Å². The van der Waals surface area contributed by atoms with Crippen molar-refractivity contribution in [1.82, 2.24) is 15.6 Å². The zero-order valence-electron chi connectivity index (χ0n) is 15.4. The highest BCUT2D eigenvalue weighted by Crippen LogP contribution is 2.19. The number of hydrogen-bond acceptors (Lipinski definition) is 4. The molecule has 0 aliphatic heterocycles. The monoisotopic (exact) mass is 357 g/mol. The maximum absolute atomic E-state index is 12.4. The molecule has 0 fully saturated rings. The lowest BCUT2D eigenvalue weighted by molar-refractivity contribution is 0.0524. The second kappa shape index (κ2) is 8.33. The molecule has 138 valence electrons. The van der Waals surface area contributed by atoms with E-state index in [-0.39, 0.29) is 18.4 Å². The average Bonchev–Trinajstić information content (AvgIpc) is 2.94. The summed E-state index contributed by atoms with van der Waals surface area (Å²) in [4.78, 5) is 38.9. The van der Waals surface area contributed by atoms with Gasteiger partial charge < -0.3 is 20.4 Å². The first kappa shape index (κ1) is 19.2. The number of carbonyl (C=O) groups excluding carboxylic acids is 3. The van der Waals surface area contributed by atoms with Crippen molar-refractivity contribution in [1.29, 1.82) is 0 Å². The average molecular weight is 357 g/mol. The van der Waals surface area contributed by atoms with Gasteiger partial charge in [0.25, 0.3) is 11.8 Å². The zero-order chi connectivity index (χ0) is 19.3. The van der Waals surface area contributed by atoms with Crippen molar-refractivity contribution < 1.29 is 19.1 Å². The maximum Gasteiger partial charge on any atom is 0.340 e. The molecule has 0 saturated heterocycles. The molecule has 7 heteroatoms. The van der Waals surface area contributed by atoms with Gasteiger partial charge in [-0.3, -0.25) is 9.59 Å². The van der Waals surface area contributed by atoms with Gasteiger partial charge in [0.1, 0.15) is 5.69 Å². The fraction of sp³-hybridized carbons (Fsp3) is 0.316. The van der Waals surface area contributed by atoms with Gasteiger partial charge in [0.15, 0.2) is 0 Å². The lowest BCUT2D eigenvalue weighted by atomic mass is 10.1. The second-order valence-electron chi connectivity index (χ2n) is 5.80. The van der Waals surface area contributed by atoms with Gasteiger partial charge in [0, 0.05) is 24.8 Å². The second-order valence-corrected chi connectivity index (χ2v) is 5.80. The van der Waals surface area contributed by atoms with Crippen LogP contribution >= 0.6 is 0 Å². The molecule has 1 heterocycles. The van der Waals surface area contributed by atoms with Crippen LogP contribution in [0.4, 0.5) is 0 Å². The van der Waals surface area contributed by atoms with Crippen LogP contribution < -0.4 is 10.6 Å². The molecule has 0 unspecified atom stereocenters. The van der Waals surface area contributed by atoms with Gasteiger partial charge in [-0.25, -0.2) is 4.79 Å². The molecule has 0 bridgehead atoms. The van der Waals surface area contributed by atoms with Gasteiger partial charge in [0.05, 0.1) is 12.2 Å². The van der Waals surface area contributed by atoms with Crippen LogP contribution in [0.15, 0.2) is 24.3 Å². The van der Waals surface area contributed by atoms with E-state index in [1.807, 2.05) is 0 Å². The number of hydrogen-bond donors (Lipinski definition) is 3. The molecule has 0 spiro atoms. The minimum atomic E-state index is -0.442. The number of amides is 2. The minimum absolute atomic E-state index is 0.162. The summed E-state index contributed by atoms with van der Waals surface area (Å²) < 4.78 is 5.03. The van der Waals surface area contributed by atoms with Crippen LogP contribution in [0.3, 0.4) is 0 Å². The van der Waals surface area contributed by atoms with E-state index in [2.05, 4.69) is 15.6 Å². The standard InChI is InChI=1S/C19H23N3O4/c1-5-26-19(25)15-11(2)16(22-12(15)3)18(24)21-10-13-6-8-14(9-7-13)17(23)20-4/h6-9,22H,5,10H2,1-4H3,(H,20,23)(H,21,24). The van der Waals surface area contributed by atoms with E-state index in [1.54, 1.807) is 52.1 Å². The van der Waals surface area contributed by atoms with Crippen molar-refractivity contribution in [2.75, 3.05) is 13.7 Å². The Morgan fingerprint density at radius 3 is 2.31 bits per heavy atom. The summed E-state index contributed by atoms with van der Waals surface area (Å²) in [6.45, 7) is 5.75. The molecule has 1 aromatic heterocycles. The third kappa shape index (κ3) is 4.11. The highest BCUT2D eigenvalue weighted by molar-refractivity contribution is 6.00. The molecule has 2 aromatic rings. The number of aromatic nitrogens is 1. The van der Waals surface area contributed by atoms with E-state index in [4.69, 9.17) is 4.74 Å². The Kier molecular flexibility index (Phi) is 6.16. The zero-order valence-corrected chi connectivity index (χ0v) is 15.4. The lowest BCUT2D eigenvalue weighted by Gasteiger charge is -2.07. The number of nitrogens with one attached hydrogen (secondary N) is 3. The van der Waals surface area contributed by atoms with E-state index in [0.29, 0.717) is 34.6 Å². The summed E-state index contributed by atoms with van der Waals surface area (Å²) in [6.07, 6.45) is 0. The summed E-state index contributed by atoms with van der Waals surface area (Å²) in [7, 11) is 1.57. The van der Waals surface area contributed by atoms with Crippen LogP contribution in [0.2, 0.25) is 0 Å². The molecule has 3 N–H and O–H groups in total. The van der Waals surface area contributed by atoms with Gasteiger partial charge in [-0.1, -0.05) is 12.1 Å². The molecule has 0 aliphatic carbocycles. The van der Waals surface area contributed by atoms with Crippen LogP contribution in [0.25, 0.3) is 0 Å². The van der Waals surface area contributed by atoms with Crippen molar-refractivity contribution in [2.24, 2.45) is 0 Å². The first-order valence-corrected chi connectivity index (χ1v) is 8.34. The number of H-pyrrole nitrogens is 1. The SMILES string of the molecule is CCOC(=O)c1c(C)[nH]c(C(=O)NCc2ccc(C(=O)NC)cc2)c1C. The number of rotatable bonds is 6. The van der Waals surface area contributed by atoms with Crippen LogP contribution in [0.5, 0.6) is 0 Å². The van der Waals surface area contributed by atoms with E-state index in [1.165, 1.54) is 0 Å². The normalized spacial score (nSPS) is 10.3. The van der Waals surface area contributed by atoms with Crippen LogP contribution in [0, 0.1) is 13.8 Å². The highest BCUT2D eigenvalue weighted by Gasteiger charge is 2.22. The first-order valence-electron chi connectivity index (χ1n) is 8.34. The van der Waals surface area contributed by atoms with Crippen molar-refractivity contribution in [3.63, 3.8) is 0 Å². The largest absolute Gasteiger partial charge is 0.462 e. The Morgan fingerprint density at radius 2 is 1.73 bits per heavy atom. The Bertz CT molecular complexity index is 822. The summed E-state index contributed by atoms with van der Waals surface area (Å²) in [5.41, 5.74) is 3.31. The molecule has 0 atom stereocenters. The summed E-state index contributed by atoms with van der Waals surface area (Å²) in [5, 5.41) is 5.36. The number of esters is 1. The number of ether oxygens (including phenoxy) is 1. The molecule has 7 nitrogen and oxygen atoms in total. The number of benzene rings is 1. The smallest absolute Gasteiger partial charge is 0.340 e. The number of aromatic amines is 1. The molecule has 26 heavy (non-hydrogen) atoms. The van der Waals surface area contributed by atoms with Crippen molar-refractivity contribution in [3.05, 3.63) is 57.9 Å². The molecule has 1 aromatic carbocycles. The summed E-state index contributed by atoms with van der Waals surface area (Å²) in [6, 6.07) is 6.95. The lowest BCUT2D eigenvalue weighted by Crippen LogP contribution is -2.24. The van der Waals surface area contributed by atoms with Gasteiger partial charge in [0.2, 0.25) is 0 Å². The Labute approximate surface area is 152 Å². The molecule has 2 amide bonds. The molecular formula is C19H23N3O4. The van der Waals surface area contributed by atoms with Crippen molar-refractivity contribution in [3.8, 4) is 0 Å². The highest BCUT2D eigenvalue weighted by atomic mass is 16.5. The predicted octanol–water partition coefficient (Wildman–Crippen LogP) is 2.10. The minimum Gasteiger partial charge on any atom is -0.462 e. The Balaban J connectivity index is 2.07. The fourth-order valence-corrected chi connectivity index (χ4v) is 2.68. The van der Waals surface area contributed by atoms with Crippen LogP contribution in [-0.4, -0.2) is 36.4 Å². The quantitative estimate of drug-likeness (QED) is 0.689. The van der Waals surface area contributed by atoms with Gasteiger partial charge in [-0.05, 0) is 44.0 Å². The van der Waals surface area contributed by atoms with Gasteiger partial charge >= 0.3 is 5.97 Å². The fourth-order valence-electron chi connectivity index (χ4n) is 2.68. The molecular weight excluding hydrogens is 334 g/mol. The molecule has 0 radical (unpaired) electrons. The molecule has 2 rings (SSSR count). The number of aryl methyl sites for hydroxylation is 1. The third-order valence-electron chi connectivity index (χ3n) is 4.04. The van der Waals surface area contributed by atoms with Crippen molar-refractivity contribution >= 4 is 17.8 Å². The Morgan fingerprint density at radius 1 is 1.08 bits per heavy atom. The van der Waals surface area contributed by atoms with Gasteiger partial charge in [-0.2, -0.15) is 0 Å². The molecule has 0 aliphatic rings. The number of carbonyl (C=O) groups is 3. The predicted molar refractivity (Wildman–Crippen MR) is 97.2 cm³/mol. The topological polar surface area (TPSA) is 100 Å². The van der Waals surface area contributed by atoms with E-state index in [0.717, 1.165) is 5.56 Å². The maximum atomic E-state index is 12.4. The summed E-state index contributed by atoms with van der Waals surface area (Å²) >= 11 is 0. The van der Waals surface area contributed by atoms with Crippen LogP contribution in [-0.2, 0) is 11.3 Å². The first-order chi connectivity index (χ1) is 12.4. The van der Waals surface area contributed by atoms with Gasteiger partial charge in [-0.15, -0.1) is 0 Å². The Hall–Kier alpha value is -3.09. The third-order valence-corrected chi connectivity index (χ3v) is 4.04. The van der Waals surface area contributed by atoms with E-state index < -0.39 is 5.97 Å². The van der Waals surface area contributed by atoms with Crippen LogP contribution in [0.1, 0.15) is 54.9 Å². The summed E-state index contributed by atoms with van der Waals surface area (Å²) in [5.74, 6) is -0.913. The van der Waals surface area contributed by atoms with Crippen molar-refractivity contribution in [2.45, 2.75) is 27.3 Å². The van der Waals surface area contributed by atoms with E-state index in [9.17, 15) is 14.4 Å². The molecule has 0 saturated carbocycles.